The molecule has 9 nitrogen and oxygen atoms in total. The molecule has 1 fully saturated rings. The van der Waals surface area contributed by atoms with Crippen molar-refractivity contribution in [2.75, 3.05) is 33.9 Å². The molecule has 0 bridgehead atoms. The summed E-state index contributed by atoms with van der Waals surface area (Å²) in [4.78, 5) is 46.2. The third kappa shape index (κ3) is 10.8. The lowest BCUT2D eigenvalue weighted by Crippen LogP contribution is -2.41. The molecule has 0 unspecified atom stereocenters. The smallest absolute Gasteiger partial charge is 0.416 e. The summed E-state index contributed by atoms with van der Waals surface area (Å²) in [5.74, 6) is 4.52. The summed E-state index contributed by atoms with van der Waals surface area (Å²) < 4.78 is 48.5. The Morgan fingerprint density at radius 3 is 2.37 bits per heavy atom. The minimum absolute atomic E-state index is 0.00743. The van der Waals surface area contributed by atoms with E-state index in [-0.39, 0.29) is 42.5 Å². The predicted octanol–water partition coefficient (Wildman–Crippen LogP) is 6.35. The van der Waals surface area contributed by atoms with Crippen molar-refractivity contribution < 1.29 is 32.6 Å². The molecule has 0 saturated carbocycles. The van der Waals surface area contributed by atoms with E-state index in [0.717, 1.165) is 45.9 Å². The summed E-state index contributed by atoms with van der Waals surface area (Å²) >= 11 is 0. The normalized spacial score (nSPS) is 15.0. The van der Waals surface area contributed by atoms with E-state index in [1.807, 2.05) is 52.0 Å². The first-order valence-corrected chi connectivity index (χ1v) is 17.2. The Kier molecular flexibility index (Phi) is 13.2. The standard InChI is InChI=1S/C39H47F3N4O5/c1-24(2)18-34(46-23-28(12-15-45(5)6)31(21-35(46)47)39(40,41)42)38(50)44-33(22-36(48)49)32-20-29(37-25(3)8-7-9-26(37)4)19-30(43-32)11-10-27-13-16-51-17-14-27/h7-9,19-21,23-24,27,33-34H,12-18,22H2,1-6H3,(H,44,50)(H,48,49)/t33-,34-/m0/s1. The molecule has 4 rings (SSSR count). The van der Waals surface area contributed by atoms with Crippen molar-refractivity contribution in [3.8, 4) is 23.0 Å². The number of benzene rings is 1. The highest BCUT2D eigenvalue weighted by atomic mass is 19.4. The fourth-order valence-corrected chi connectivity index (χ4v) is 6.33. The molecule has 51 heavy (non-hydrogen) atoms. The van der Waals surface area contributed by atoms with Crippen LogP contribution in [0.5, 0.6) is 0 Å². The van der Waals surface area contributed by atoms with Gasteiger partial charge in [-0.1, -0.05) is 38.0 Å². The van der Waals surface area contributed by atoms with Crippen molar-refractivity contribution in [2.24, 2.45) is 11.8 Å². The quantitative estimate of drug-likeness (QED) is 0.211. The van der Waals surface area contributed by atoms with Crippen molar-refractivity contribution >= 4 is 11.9 Å². The van der Waals surface area contributed by atoms with Crippen LogP contribution in [0.15, 0.2) is 47.4 Å². The van der Waals surface area contributed by atoms with Gasteiger partial charge in [0.05, 0.1) is 23.7 Å². The van der Waals surface area contributed by atoms with Crippen molar-refractivity contribution in [1.29, 1.82) is 0 Å². The summed E-state index contributed by atoms with van der Waals surface area (Å²) in [7, 11) is 3.46. The Bertz CT molecular complexity index is 1810. The van der Waals surface area contributed by atoms with Crippen LogP contribution in [0.3, 0.4) is 0 Å². The number of ether oxygens (including phenoxy) is 1. The molecule has 274 valence electrons. The minimum atomic E-state index is -4.76. The molecule has 1 aromatic carbocycles. The lowest BCUT2D eigenvalue weighted by Gasteiger charge is -2.26. The van der Waals surface area contributed by atoms with E-state index in [4.69, 9.17) is 9.72 Å². The molecule has 2 aromatic heterocycles. The number of pyridine rings is 2. The Morgan fingerprint density at radius 2 is 1.78 bits per heavy atom. The van der Waals surface area contributed by atoms with Gasteiger partial charge in [-0.3, -0.25) is 14.4 Å². The molecule has 3 aromatic rings. The molecule has 2 atom stereocenters. The number of rotatable bonds is 12. The largest absolute Gasteiger partial charge is 0.481 e. The van der Waals surface area contributed by atoms with Crippen LogP contribution in [-0.4, -0.2) is 65.3 Å². The van der Waals surface area contributed by atoms with Gasteiger partial charge < -0.3 is 24.6 Å². The number of aromatic nitrogens is 2. The van der Waals surface area contributed by atoms with E-state index in [0.29, 0.717) is 25.0 Å². The van der Waals surface area contributed by atoms with E-state index in [9.17, 15) is 32.7 Å². The van der Waals surface area contributed by atoms with Gasteiger partial charge in [0.2, 0.25) is 5.91 Å². The predicted molar refractivity (Wildman–Crippen MR) is 189 cm³/mol. The maximum absolute atomic E-state index is 14.2. The highest BCUT2D eigenvalue weighted by molar-refractivity contribution is 5.82. The molecule has 0 aliphatic carbocycles. The number of alkyl halides is 3. The van der Waals surface area contributed by atoms with Crippen LogP contribution in [-0.2, 0) is 26.9 Å². The summed E-state index contributed by atoms with van der Waals surface area (Å²) in [6.07, 6.45) is -2.51. The number of nitrogens with zero attached hydrogens (tertiary/aromatic N) is 3. The summed E-state index contributed by atoms with van der Waals surface area (Å²) in [6, 6.07) is 7.65. The molecule has 0 spiro atoms. The van der Waals surface area contributed by atoms with E-state index in [1.165, 1.54) is 0 Å². The monoisotopic (exact) mass is 708 g/mol. The molecule has 1 aliphatic heterocycles. The van der Waals surface area contributed by atoms with E-state index >= 15 is 0 Å². The minimum Gasteiger partial charge on any atom is -0.481 e. The van der Waals surface area contributed by atoms with Gasteiger partial charge in [0.25, 0.3) is 5.56 Å². The molecule has 2 N–H and O–H groups in total. The van der Waals surface area contributed by atoms with Crippen LogP contribution in [0.1, 0.15) is 85.3 Å². The van der Waals surface area contributed by atoms with E-state index in [1.54, 1.807) is 25.1 Å². The fraction of sp³-hybridized carbons (Fsp3) is 0.487. The Labute approximate surface area is 297 Å². The first kappa shape index (κ1) is 39.3. The zero-order chi connectivity index (χ0) is 37.5. The average molecular weight is 709 g/mol. The van der Waals surface area contributed by atoms with Gasteiger partial charge in [-0.25, -0.2) is 4.98 Å². The zero-order valence-corrected chi connectivity index (χ0v) is 30.1. The van der Waals surface area contributed by atoms with Gasteiger partial charge in [-0.2, -0.15) is 13.2 Å². The lowest BCUT2D eigenvalue weighted by molar-refractivity contribution is -0.139. The second kappa shape index (κ2) is 17.2. The molecule has 1 amide bonds. The maximum atomic E-state index is 14.2. The SMILES string of the molecule is Cc1cccc(C)c1-c1cc(C#CC2CCOCC2)nc([C@H](CC(=O)O)NC(=O)[C@H](CC(C)C)n2cc(CCN(C)C)c(C(F)(F)F)cc2=O)c1. The van der Waals surface area contributed by atoms with Crippen molar-refractivity contribution in [3.05, 3.63) is 86.6 Å². The zero-order valence-electron chi connectivity index (χ0n) is 30.1. The molecule has 1 aliphatic rings. The number of aliphatic carboxylic acids is 1. The van der Waals surface area contributed by atoms with Gasteiger partial charge in [-0.15, -0.1) is 0 Å². The summed E-state index contributed by atoms with van der Waals surface area (Å²) in [6.45, 7) is 9.11. The average Bonchev–Trinajstić information content (AvgIpc) is 3.05. The maximum Gasteiger partial charge on any atom is 0.416 e. The summed E-state index contributed by atoms with van der Waals surface area (Å²) in [5.41, 5.74) is 2.18. The van der Waals surface area contributed by atoms with Crippen LogP contribution >= 0.6 is 0 Å². The van der Waals surface area contributed by atoms with E-state index < -0.39 is 47.7 Å². The molecule has 1 saturated heterocycles. The Balaban J connectivity index is 1.81. The number of nitrogens with one attached hydrogen (secondary N) is 1. The number of carboxylic acid groups (broad SMARTS) is 1. The Hall–Kier alpha value is -4.47. The van der Waals surface area contributed by atoms with Crippen LogP contribution in [0.25, 0.3) is 11.1 Å². The second-order valence-corrected chi connectivity index (χ2v) is 13.9. The van der Waals surface area contributed by atoms with Crippen molar-refractivity contribution in [1.82, 2.24) is 19.8 Å². The molecular weight excluding hydrogens is 661 g/mol. The van der Waals surface area contributed by atoms with Crippen LogP contribution < -0.4 is 10.9 Å². The first-order valence-electron chi connectivity index (χ1n) is 17.2. The van der Waals surface area contributed by atoms with Crippen LogP contribution in [0.2, 0.25) is 0 Å². The third-order valence-electron chi connectivity index (χ3n) is 8.92. The van der Waals surface area contributed by atoms with Gasteiger partial charge in [0.1, 0.15) is 11.7 Å². The van der Waals surface area contributed by atoms with Crippen molar-refractivity contribution in [3.63, 3.8) is 0 Å². The topological polar surface area (TPSA) is 114 Å². The van der Waals surface area contributed by atoms with E-state index in [2.05, 4.69) is 17.2 Å². The number of carbonyl (C=O) groups excluding carboxylic acids is 1. The number of hydrogen-bond acceptors (Lipinski definition) is 6. The summed E-state index contributed by atoms with van der Waals surface area (Å²) in [5, 5.41) is 12.8. The van der Waals surface area contributed by atoms with Crippen LogP contribution in [0.4, 0.5) is 13.2 Å². The van der Waals surface area contributed by atoms with Gasteiger partial charge >= 0.3 is 12.1 Å². The number of aryl methyl sites for hydroxylation is 2. The highest BCUT2D eigenvalue weighted by Gasteiger charge is 2.36. The fourth-order valence-electron chi connectivity index (χ4n) is 6.33. The lowest BCUT2D eigenvalue weighted by atomic mass is 9.93. The number of hydrogen-bond donors (Lipinski definition) is 2. The second-order valence-electron chi connectivity index (χ2n) is 13.9. The number of carboxylic acids is 1. The third-order valence-corrected chi connectivity index (χ3v) is 8.92. The molecule has 3 heterocycles. The van der Waals surface area contributed by atoms with Crippen molar-refractivity contribution in [2.45, 2.75) is 78.1 Å². The van der Waals surface area contributed by atoms with Crippen LogP contribution in [0, 0.1) is 37.5 Å². The van der Waals surface area contributed by atoms with Gasteiger partial charge in [0, 0.05) is 37.9 Å². The highest BCUT2D eigenvalue weighted by Crippen LogP contribution is 2.33. The number of likely N-dealkylation sites (N-methyl/N-ethyl adjacent to an activating group) is 1. The van der Waals surface area contributed by atoms with Gasteiger partial charge in [0.15, 0.2) is 0 Å². The molecule has 0 radical (unpaired) electrons. The molecular formula is C39H47F3N4O5. The Morgan fingerprint density at radius 1 is 1.12 bits per heavy atom. The number of carbonyl (C=O) groups is 2. The first-order chi connectivity index (χ1) is 24.0. The number of amides is 1. The van der Waals surface area contributed by atoms with Gasteiger partial charge in [-0.05, 0) is 105 Å². The molecule has 12 heteroatoms. The number of halogens is 3.